The molecule has 0 aliphatic carbocycles. The first kappa shape index (κ1) is 99.9. The van der Waals surface area contributed by atoms with E-state index in [-0.39, 0.29) is 48.3 Å². The minimum Gasteiger partial charge on any atom is -0.481 e. The topological polar surface area (TPSA) is 714 Å². The van der Waals surface area contributed by atoms with Crippen LogP contribution in [0.1, 0.15) is 157 Å². The maximum Gasteiger partial charge on any atom is 0.329 e. The lowest BCUT2D eigenvalue weighted by Gasteiger charge is -2.30. The molecule has 5 rings (SSSR count). The van der Waals surface area contributed by atoms with Gasteiger partial charge in [0.15, 0.2) is 5.78 Å². The van der Waals surface area contributed by atoms with Gasteiger partial charge < -0.3 is 127 Å². The smallest absolute Gasteiger partial charge is 0.329 e. The second-order valence-electron chi connectivity index (χ2n) is 29.2. The molecule has 1 fully saturated rings. The number of aliphatic hydroxyl groups excluding tert-OH is 2. The Hall–Kier alpha value is -13.7. The van der Waals surface area contributed by atoms with E-state index in [1.54, 1.807) is 36.5 Å². The van der Waals surface area contributed by atoms with Crippen LogP contribution in [0.3, 0.4) is 0 Å². The molecule has 0 spiro atoms. The number of fused-ring (bicyclic) bond motifs is 1. The number of hydrogen-bond donors (Lipinski definition) is 23. The van der Waals surface area contributed by atoms with Gasteiger partial charge in [0.05, 0.1) is 50.9 Å². The molecular weight excluding hydrogens is 1620 g/mol. The Morgan fingerprint density at radius 1 is 0.537 bits per heavy atom. The van der Waals surface area contributed by atoms with Crippen molar-refractivity contribution < 1.29 is 126 Å². The fraction of sp³-hybridized carbons (Fsp3) is 0.494. The second kappa shape index (κ2) is 50.4. The molecule has 2 heterocycles. The van der Waals surface area contributed by atoms with Crippen molar-refractivity contribution in [2.24, 2.45) is 11.7 Å². The highest BCUT2D eigenvalue weighted by Crippen LogP contribution is 2.22. The van der Waals surface area contributed by atoms with Gasteiger partial charge in [-0.25, -0.2) is 4.79 Å². The molecule has 1 aliphatic heterocycles. The van der Waals surface area contributed by atoms with Crippen LogP contribution in [0.15, 0.2) is 79.0 Å². The summed E-state index contributed by atoms with van der Waals surface area (Å²) in [7, 11) is 0. The van der Waals surface area contributed by atoms with E-state index in [1.807, 2.05) is 16.0 Å². The highest BCUT2D eigenvalue weighted by molar-refractivity contribution is 6.05. The number of carbonyl (C=O) groups is 20. The van der Waals surface area contributed by atoms with Crippen molar-refractivity contribution in [1.82, 2.24) is 79.4 Å². The number of amides is 15. The molecule has 0 radical (unpaired) electrons. The van der Waals surface area contributed by atoms with Gasteiger partial charge in [-0.2, -0.15) is 0 Å². The van der Waals surface area contributed by atoms with Gasteiger partial charge in [-0.15, -0.1) is 0 Å². The lowest BCUT2D eigenvalue weighted by atomic mass is 9.96. The van der Waals surface area contributed by atoms with Crippen LogP contribution in [-0.4, -0.2) is 254 Å². The van der Waals surface area contributed by atoms with E-state index in [0.29, 0.717) is 29.3 Å². The molecular formula is C79H108N18O26. The zero-order valence-corrected chi connectivity index (χ0v) is 68.1. The fourth-order valence-corrected chi connectivity index (χ4v) is 12.7. The van der Waals surface area contributed by atoms with Crippen molar-refractivity contribution in [3.63, 3.8) is 0 Å². The average Bonchev–Trinajstić information content (AvgIpc) is 1.72. The lowest BCUT2D eigenvalue weighted by molar-refractivity contribution is -0.156. The van der Waals surface area contributed by atoms with E-state index in [9.17, 15) is 121 Å². The number of nitrogen functional groups attached to an aromatic ring is 2. The molecule has 44 heteroatoms. The van der Waals surface area contributed by atoms with Crippen molar-refractivity contribution in [2.45, 2.75) is 209 Å². The molecule has 670 valence electrons. The predicted octanol–water partition coefficient (Wildman–Crippen LogP) is -4.66. The number of unbranched alkanes of at least 4 members (excludes halogenated alkanes) is 6. The Morgan fingerprint density at radius 2 is 1.08 bits per heavy atom. The van der Waals surface area contributed by atoms with Crippen molar-refractivity contribution in [1.29, 1.82) is 0 Å². The molecule has 15 amide bonds. The molecule has 44 nitrogen and oxygen atoms in total. The van der Waals surface area contributed by atoms with Gasteiger partial charge >= 0.3 is 23.9 Å². The van der Waals surface area contributed by atoms with Gasteiger partial charge in [0.2, 0.25) is 82.7 Å². The quantitative estimate of drug-likeness (QED) is 0.00873. The molecule has 13 atom stereocenters. The number of cyclic esters (lactones) is 1. The number of nitrogens with one attached hydrogen (secondary N) is 15. The van der Waals surface area contributed by atoms with E-state index >= 15 is 0 Å². The Balaban J connectivity index is 1.62. The number of anilines is 2. The Bertz CT molecular complexity index is 4480. The average molecular weight is 1730 g/mol. The number of carboxylic acids is 3. The molecule has 123 heavy (non-hydrogen) atoms. The highest BCUT2D eigenvalue weighted by atomic mass is 16.5. The summed E-state index contributed by atoms with van der Waals surface area (Å²) in [6.45, 7) is 0.0850. The molecule has 1 aromatic heterocycles. The summed E-state index contributed by atoms with van der Waals surface area (Å²) in [5.74, 6) is -28.2. The number of aliphatic hydroxyl groups is 2. The maximum absolute atomic E-state index is 15.0. The van der Waals surface area contributed by atoms with Gasteiger partial charge in [0, 0.05) is 66.5 Å². The Morgan fingerprint density at radius 3 is 1.69 bits per heavy atom. The number of para-hydroxylation sites is 3. The first-order chi connectivity index (χ1) is 58.3. The second-order valence-corrected chi connectivity index (χ2v) is 29.2. The zero-order valence-electron chi connectivity index (χ0n) is 68.1. The number of aromatic nitrogens is 1. The SMILES string of the molecule is CCCCCCCCCC(=O)N[C@@H](Cc1c[nH]c2ccccc12)C(=O)N[C@@H](CC(N)=O)C(=O)N[C@@H](CCO)C(=O)N[C@@H]1C(=O)NCC(=O)N[C@@H](CCCNC(=O)c2ccccc2N)C(=O)N[C@@H](CC(=O)O)C(=O)N[C@H](C)C(=O)N[C@@H](CC(=O)O)C(=O)NCC(=O)N[C@H](CO)C(=O)N[C@@H]([C@H](C)CC(=O)O)C(=O)N[C@@H](CC(=O)c2ccccc2N)C(=O)O[C@@H]1C. The number of ether oxygens (including phenoxy) is 1. The number of rotatable bonds is 37. The van der Waals surface area contributed by atoms with E-state index in [2.05, 4.69) is 70.4 Å². The minimum absolute atomic E-state index is 0.00216. The van der Waals surface area contributed by atoms with Crippen LogP contribution < -0.4 is 91.6 Å². The number of primary amides is 1. The number of aliphatic carboxylic acids is 3. The summed E-state index contributed by atoms with van der Waals surface area (Å²) >= 11 is 0. The molecule has 3 aromatic carbocycles. The summed E-state index contributed by atoms with van der Waals surface area (Å²) in [6.07, 6.45) is -1.73. The standard InChI is InChI=1S/C79H108N18O26/c1-5-6-7-8-9-10-11-26-60(102)89-52(31-43-36-84-49-24-17-14-19-44(43)49)74(117)93-53(33-59(82)101)75(118)91-51(27-29-98)72(115)97-67-42(4)123-79(122)56(32-58(100)45-20-12-15-22-47(45)80)95-78(121)66(40(2)30-63(105)106)96-76(119)57(39-99)90-62(104)37-85-70(113)54(34-64(107)108)92-68(111)41(3)87-73(116)55(35-65(109)110)94-71(114)50(88-61(103)38-86-77(67)120)25-18-28-83-69(112)46-21-13-16-23-48(46)81/h12-17,19-24,36,40-42,50-57,66-67,84,98-99H,5-11,18,25-35,37-39,80-81H2,1-4H3,(H2,82,101)(H,83,112)(H,85,113)(H,86,120)(H,87,116)(H,88,103)(H,89,102)(H,90,104)(H,91,118)(H,92,111)(H,93,117)(H,94,114)(H,95,121)(H,96,119)(H,97,115)(H,105,106)(H,107,108)(H,109,110)/t40-,41-,42-,50+,51+,52+,53+,54+,55+,56+,57-,66+,67+/m1/s1. The minimum atomic E-state index is -2.38. The fourth-order valence-electron chi connectivity index (χ4n) is 12.7. The highest BCUT2D eigenvalue weighted by Gasteiger charge is 2.41. The van der Waals surface area contributed by atoms with Gasteiger partial charge in [-0.05, 0) is 81.3 Å². The molecule has 4 aromatic rings. The number of carboxylic acid groups (broad SMARTS) is 3. The number of hydrogen-bond acceptors (Lipinski definition) is 25. The van der Waals surface area contributed by atoms with E-state index in [0.717, 1.165) is 52.9 Å². The van der Waals surface area contributed by atoms with Crippen molar-refractivity contribution in [3.05, 3.63) is 95.7 Å². The molecule has 1 saturated heterocycles. The molecule has 0 saturated carbocycles. The van der Waals surface area contributed by atoms with Gasteiger partial charge in [0.1, 0.15) is 72.6 Å². The molecule has 1 aliphatic rings. The summed E-state index contributed by atoms with van der Waals surface area (Å²) in [6, 6.07) is -4.21. The summed E-state index contributed by atoms with van der Waals surface area (Å²) in [5, 5.41) is 82.5. The van der Waals surface area contributed by atoms with Crippen LogP contribution in [0, 0.1) is 5.92 Å². The monoisotopic (exact) mass is 1720 g/mol. The molecule has 0 unspecified atom stereocenters. The van der Waals surface area contributed by atoms with Crippen LogP contribution >= 0.6 is 0 Å². The van der Waals surface area contributed by atoms with Crippen LogP contribution in [0.4, 0.5) is 11.4 Å². The van der Waals surface area contributed by atoms with Crippen LogP contribution in [-0.2, 0) is 97.5 Å². The predicted molar refractivity (Wildman–Crippen MR) is 434 cm³/mol. The Labute approximate surface area is 704 Å². The first-order valence-electron chi connectivity index (χ1n) is 39.6. The zero-order chi connectivity index (χ0) is 91.2. The van der Waals surface area contributed by atoms with E-state index in [4.69, 9.17) is 21.9 Å². The normalized spacial score (nSPS) is 20.5. The van der Waals surface area contributed by atoms with Crippen molar-refractivity contribution >= 4 is 141 Å². The first-order valence-corrected chi connectivity index (χ1v) is 39.6. The molecule has 26 N–H and O–H groups in total. The van der Waals surface area contributed by atoms with Crippen molar-refractivity contribution in [2.75, 3.05) is 44.3 Å². The number of esters is 1. The third kappa shape index (κ3) is 33.5. The van der Waals surface area contributed by atoms with E-state index in [1.165, 1.54) is 42.5 Å². The van der Waals surface area contributed by atoms with Crippen LogP contribution in [0.2, 0.25) is 0 Å². The van der Waals surface area contributed by atoms with Gasteiger partial charge in [-0.3, -0.25) is 91.1 Å². The van der Waals surface area contributed by atoms with Crippen LogP contribution in [0.5, 0.6) is 0 Å². The summed E-state index contributed by atoms with van der Waals surface area (Å²) < 4.78 is 5.76. The van der Waals surface area contributed by atoms with Crippen molar-refractivity contribution in [3.8, 4) is 0 Å². The largest absolute Gasteiger partial charge is 0.481 e. The number of Topliss-reactive ketones (excluding diaryl/α,β-unsaturated/α-hetero) is 1. The van der Waals surface area contributed by atoms with Crippen LogP contribution in [0.25, 0.3) is 10.9 Å². The number of ketones is 1. The third-order valence-electron chi connectivity index (χ3n) is 19.4. The van der Waals surface area contributed by atoms with Gasteiger partial charge in [-0.1, -0.05) is 94.8 Å². The molecule has 0 bridgehead atoms. The van der Waals surface area contributed by atoms with Gasteiger partial charge in [0.25, 0.3) is 5.91 Å². The summed E-state index contributed by atoms with van der Waals surface area (Å²) in [5.41, 5.74) is 18.6. The lowest BCUT2D eigenvalue weighted by Crippen LogP contribution is -2.61. The third-order valence-corrected chi connectivity index (χ3v) is 19.4. The Kier molecular flexibility index (Phi) is 40.9. The number of benzene rings is 3. The number of H-pyrrole nitrogens is 1. The number of aromatic amines is 1. The number of carbonyl (C=O) groups excluding carboxylic acids is 17. The maximum atomic E-state index is 15.0. The summed E-state index contributed by atoms with van der Waals surface area (Å²) in [4.78, 5) is 279. The number of nitrogens with two attached hydrogens (primary N) is 3. The van der Waals surface area contributed by atoms with E-state index < -0.39 is 268 Å².